The summed E-state index contributed by atoms with van der Waals surface area (Å²) in [6.07, 6.45) is 1.57. The van der Waals surface area contributed by atoms with Crippen molar-refractivity contribution in [2.75, 3.05) is 6.54 Å². The van der Waals surface area contributed by atoms with Gasteiger partial charge in [-0.1, -0.05) is 90.5 Å². The Balaban J connectivity index is 1.57. The maximum Gasteiger partial charge on any atom is 0.233 e. The Kier molecular flexibility index (Phi) is 7.76. The number of carbonyl (C=O) groups excluding carboxylic acids is 1. The molecule has 0 spiro atoms. The first kappa shape index (κ1) is 22.5. The van der Waals surface area contributed by atoms with Crippen molar-refractivity contribution in [3.63, 3.8) is 0 Å². The molecule has 0 aliphatic rings. The zero-order chi connectivity index (χ0) is 22.1. The van der Waals surface area contributed by atoms with E-state index in [-0.39, 0.29) is 24.9 Å². The lowest BCUT2D eigenvalue weighted by molar-refractivity contribution is -0.121. The minimum atomic E-state index is -3.63. The number of aryl methyl sites for hydroxylation is 1. The standard InChI is InChI=1S/C25H26N2O3S/c1-20-12-14-21(15-13-20)17-19-31(29,30)26-18-16-24(28)27-25(22-8-4-2-5-9-22)23-10-6-3-7-11-23/h2-15,17,19,25-26H,16,18H2,1H3,(H,27,28)/b19-17+. The SMILES string of the molecule is Cc1ccc(/C=C/S(=O)(=O)NCCC(=O)NC(c2ccccc2)c2ccccc2)cc1. The molecule has 5 nitrogen and oxygen atoms in total. The van der Waals surface area contributed by atoms with Crippen molar-refractivity contribution in [2.45, 2.75) is 19.4 Å². The molecule has 1 amide bonds. The molecule has 3 rings (SSSR count). The van der Waals surface area contributed by atoms with Gasteiger partial charge in [-0.05, 0) is 29.7 Å². The summed E-state index contributed by atoms with van der Waals surface area (Å²) < 4.78 is 26.8. The highest BCUT2D eigenvalue weighted by atomic mass is 32.2. The van der Waals surface area contributed by atoms with Gasteiger partial charge in [-0.2, -0.15) is 0 Å². The van der Waals surface area contributed by atoms with Gasteiger partial charge >= 0.3 is 0 Å². The average molecular weight is 435 g/mol. The first-order chi connectivity index (χ1) is 14.9. The predicted molar refractivity (Wildman–Crippen MR) is 125 cm³/mol. The van der Waals surface area contributed by atoms with E-state index in [1.807, 2.05) is 91.9 Å². The van der Waals surface area contributed by atoms with Crippen molar-refractivity contribution in [3.8, 4) is 0 Å². The van der Waals surface area contributed by atoms with Crippen LogP contribution < -0.4 is 10.0 Å². The summed E-state index contributed by atoms with van der Waals surface area (Å²) in [4.78, 5) is 12.5. The third kappa shape index (κ3) is 7.20. The van der Waals surface area contributed by atoms with Gasteiger partial charge in [0.1, 0.15) is 0 Å². The van der Waals surface area contributed by atoms with Crippen LogP contribution in [0.15, 0.2) is 90.3 Å². The van der Waals surface area contributed by atoms with Gasteiger partial charge in [0.05, 0.1) is 6.04 Å². The number of hydrogen-bond acceptors (Lipinski definition) is 3. The lowest BCUT2D eigenvalue weighted by Gasteiger charge is -2.20. The maximum atomic E-state index is 12.5. The van der Waals surface area contributed by atoms with Crippen molar-refractivity contribution in [2.24, 2.45) is 0 Å². The van der Waals surface area contributed by atoms with E-state index < -0.39 is 10.0 Å². The Bertz CT molecular complexity index is 1070. The van der Waals surface area contributed by atoms with Crippen LogP contribution in [-0.4, -0.2) is 20.9 Å². The van der Waals surface area contributed by atoms with Crippen molar-refractivity contribution >= 4 is 22.0 Å². The van der Waals surface area contributed by atoms with Crippen LogP contribution in [0.5, 0.6) is 0 Å². The molecule has 0 fully saturated rings. The molecular formula is C25H26N2O3S. The van der Waals surface area contributed by atoms with E-state index >= 15 is 0 Å². The van der Waals surface area contributed by atoms with Crippen molar-refractivity contribution < 1.29 is 13.2 Å². The summed E-state index contributed by atoms with van der Waals surface area (Å²) in [6, 6.07) is 26.6. The smallest absolute Gasteiger partial charge is 0.233 e. The van der Waals surface area contributed by atoms with Crippen LogP contribution in [0.3, 0.4) is 0 Å². The van der Waals surface area contributed by atoms with Gasteiger partial charge in [-0.15, -0.1) is 0 Å². The molecule has 3 aromatic rings. The molecule has 0 aromatic heterocycles. The summed E-state index contributed by atoms with van der Waals surface area (Å²) in [6.45, 7) is 1.99. The molecule has 160 valence electrons. The molecule has 0 heterocycles. The lowest BCUT2D eigenvalue weighted by atomic mass is 9.98. The highest BCUT2D eigenvalue weighted by molar-refractivity contribution is 7.92. The molecule has 0 saturated heterocycles. The van der Waals surface area contributed by atoms with E-state index in [4.69, 9.17) is 0 Å². The van der Waals surface area contributed by atoms with Gasteiger partial charge in [-0.3, -0.25) is 4.79 Å². The summed E-state index contributed by atoms with van der Waals surface area (Å²) in [5.41, 5.74) is 3.82. The largest absolute Gasteiger partial charge is 0.345 e. The van der Waals surface area contributed by atoms with Gasteiger partial charge in [-0.25, -0.2) is 13.1 Å². The first-order valence-corrected chi connectivity index (χ1v) is 11.6. The second-order valence-corrected chi connectivity index (χ2v) is 8.88. The molecule has 0 saturated carbocycles. The number of hydrogen-bond donors (Lipinski definition) is 2. The second-order valence-electron chi connectivity index (χ2n) is 7.22. The average Bonchev–Trinajstić information content (AvgIpc) is 2.78. The maximum absolute atomic E-state index is 12.5. The summed E-state index contributed by atoms with van der Waals surface area (Å²) >= 11 is 0. The Morgan fingerprint density at radius 2 is 1.42 bits per heavy atom. The van der Waals surface area contributed by atoms with Crippen molar-refractivity contribution in [3.05, 3.63) is 113 Å². The summed E-state index contributed by atoms with van der Waals surface area (Å²) in [5, 5.41) is 4.12. The molecule has 0 radical (unpaired) electrons. The number of carbonyl (C=O) groups is 1. The third-order valence-electron chi connectivity index (χ3n) is 4.74. The monoisotopic (exact) mass is 434 g/mol. The molecule has 31 heavy (non-hydrogen) atoms. The highest BCUT2D eigenvalue weighted by Crippen LogP contribution is 2.21. The van der Waals surface area contributed by atoms with Gasteiger partial charge in [0.15, 0.2) is 0 Å². The van der Waals surface area contributed by atoms with Gasteiger partial charge in [0.2, 0.25) is 15.9 Å². The molecule has 0 aliphatic heterocycles. The van der Waals surface area contributed by atoms with Crippen LogP contribution in [0.25, 0.3) is 6.08 Å². The first-order valence-electron chi connectivity index (χ1n) is 10.1. The molecular weight excluding hydrogens is 408 g/mol. The van der Waals surface area contributed by atoms with E-state index in [2.05, 4.69) is 10.0 Å². The van der Waals surface area contributed by atoms with Crippen molar-refractivity contribution in [1.82, 2.24) is 10.0 Å². The zero-order valence-corrected chi connectivity index (χ0v) is 18.2. The van der Waals surface area contributed by atoms with Crippen LogP contribution in [-0.2, 0) is 14.8 Å². The molecule has 6 heteroatoms. The van der Waals surface area contributed by atoms with Crippen LogP contribution in [0.2, 0.25) is 0 Å². The molecule has 0 aliphatic carbocycles. The minimum absolute atomic E-state index is 0.0166. The summed E-state index contributed by atoms with van der Waals surface area (Å²) in [7, 11) is -3.63. The molecule has 2 N–H and O–H groups in total. The predicted octanol–water partition coefficient (Wildman–Crippen LogP) is 4.18. The zero-order valence-electron chi connectivity index (χ0n) is 17.4. The highest BCUT2D eigenvalue weighted by Gasteiger charge is 2.16. The fraction of sp³-hybridized carbons (Fsp3) is 0.160. The van der Waals surface area contributed by atoms with E-state index in [0.717, 1.165) is 27.7 Å². The van der Waals surface area contributed by atoms with Gasteiger partial charge < -0.3 is 5.32 Å². The molecule has 0 atom stereocenters. The van der Waals surface area contributed by atoms with Gasteiger partial charge in [0.25, 0.3) is 0 Å². The Morgan fingerprint density at radius 1 is 0.871 bits per heavy atom. The Hall–Kier alpha value is -3.22. The topological polar surface area (TPSA) is 75.3 Å². The lowest BCUT2D eigenvalue weighted by Crippen LogP contribution is -2.32. The van der Waals surface area contributed by atoms with E-state index in [1.165, 1.54) is 6.08 Å². The quantitative estimate of drug-likeness (QED) is 0.530. The normalized spacial score (nSPS) is 11.7. The number of rotatable bonds is 9. The fourth-order valence-corrected chi connectivity index (χ4v) is 3.90. The van der Waals surface area contributed by atoms with Gasteiger partial charge in [0, 0.05) is 18.4 Å². The minimum Gasteiger partial charge on any atom is -0.345 e. The number of sulfonamides is 1. The molecule has 0 unspecified atom stereocenters. The number of benzene rings is 3. The van der Waals surface area contributed by atoms with Crippen LogP contribution in [0, 0.1) is 6.92 Å². The van der Waals surface area contributed by atoms with E-state index in [9.17, 15) is 13.2 Å². The van der Waals surface area contributed by atoms with Crippen LogP contribution in [0.1, 0.15) is 34.7 Å². The molecule has 3 aromatic carbocycles. The third-order valence-corrected chi connectivity index (χ3v) is 5.84. The Labute approximate surface area is 183 Å². The Morgan fingerprint density at radius 3 is 1.97 bits per heavy atom. The van der Waals surface area contributed by atoms with Crippen LogP contribution in [0.4, 0.5) is 0 Å². The fourth-order valence-electron chi connectivity index (χ4n) is 3.08. The second kappa shape index (κ2) is 10.7. The van der Waals surface area contributed by atoms with Crippen molar-refractivity contribution in [1.29, 1.82) is 0 Å². The summed E-state index contributed by atoms with van der Waals surface area (Å²) in [5.74, 6) is -0.233. The van der Waals surface area contributed by atoms with E-state index in [0.29, 0.717) is 0 Å². The molecule has 0 bridgehead atoms. The number of nitrogens with one attached hydrogen (secondary N) is 2. The van der Waals surface area contributed by atoms with Crippen LogP contribution >= 0.6 is 0 Å². The number of amides is 1. The van der Waals surface area contributed by atoms with E-state index in [1.54, 1.807) is 0 Å².